The van der Waals surface area contributed by atoms with E-state index in [0.29, 0.717) is 17.1 Å². The molecule has 2 atom stereocenters. The zero-order valence-corrected chi connectivity index (χ0v) is 20.3. The maximum atomic E-state index is 13.2. The van der Waals surface area contributed by atoms with E-state index in [0.717, 1.165) is 32.8 Å². The van der Waals surface area contributed by atoms with Gasteiger partial charge < -0.3 is 5.32 Å². The number of aryl methyl sites for hydroxylation is 4. The summed E-state index contributed by atoms with van der Waals surface area (Å²) < 4.78 is 26.4. The maximum absolute atomic E-state index is 13.2. The molecule has 0 unspecified atom stereocenters. The van der Waals surface area contributed by atoms with Gasteiger partial charge in [-0.15, -0.1) is 0 Å². The molecule has 164 valence electrons. The van der Waals surface area contributed by atoms with Gasteiger partial charge in [0.05, 0.1) is 18.0 Å². The van der Waals surface area contributed by atoms with Crippen molar-refractivity contribution in [2.24, 2.45) is 0 Å². The average molecular weight is 451 g/mol. The van der Waals surface area contributed by atoms with E-state index in [-0.39, 0.29) is 11.9 Å². The van der Waals surface area contributed by atoms with Gasteiger partial charge in [-0.25, -0.2) is 8.42 Å². The van der Waals surface area contributed by atoms with E-state index in [2.05, 4.69) is 24.4 Å². The van der Waals surface area contributed by atoms with Crippen LogP contribution in [0, 0.1) is 27.7 Å². The molecule has 0 aliphatic heterocycles. The van der Waals surface area contributed by atoms with Gasteiger partial charge in [-0.3, -0.25) is 9.10 Å². The normalized spacial score (nSPS) is 13.6. The van der Waals surface area contributed by atoms with E-state index in [1.807, 2.05) is 27.7 Å². The van der Waals surface area contributed by atoms with Crippen LogP contribution in [0.4, 0.5) is 5.69 Å². The van der Waals surface area contributed by atoms with Gasteiger partial charge in [0, 0.05) is 5.02 Å². The molecule has 1 amide bonds. The van der Waals surface area contributed by atoms with Crippen molar-refractivity contribution >= 4 is 33.2 Å². The van der Waals surface area contributed by atoms with Gasteiger partial charge in [0.2, 0.25) is 15.9 Å². The number of amides is 1. The molecule has 0 radical (unpaired) electrons. The number of nitrogens with zero attached hydrogens (tertiary/aromatic N) is 1. The number of halogens is 1. The summed E-state index contributed by atoms with van der Waals surface area (Å²) in [6, 6.07) is 8.05. The lowest BCUT2D eigenvalue weighted by molar-refractivity contribution is -0.122. The highest BCUT2D eigenvalue weighted by atomic mass is 35.5. The number of nitrogens with one attached hydrogen (secondary N) is 1. The van der Waals surface area contributed by atoms with Crippen LogP contribution in [0.15, 0.2) is 30.3 Å². The first-order valence-electron chi connectivity index (χ1n) is 10.0. The first-order chi connectivity index (χ1) is 13.9. The second kappa shape index (κ2) is 9.40. The molecule has 0 aliphatic carbocycles. The summed E-state index contributed by atoms with van der Waals surface area (Å²) in [6.45, 7) is 11.7. The fraction of sp³-hybridized carbons (Fsp3) is 0.435. The minimum Gasteiger partial charge on any atom is -0.348 e. The van der Waals surface area contributed by atoms with Crippen molar-refractivity contribution in [1.82, 2.24) is 5.32 Å². The molecule has 0 saturated carbocycles. The van der Waals surface area contributed by atoms with E-state index in [1.165, 1.54) is 5.56 Å². The van der Waals surface area contributed by atoms with Crippen LogP contribution in [0.25, 0.3) is 0 Å². The zero-order chi connectivity index (χ0) is 22.8. The topological polar surface area (TPSA) is 66.5 Å². The fourth-order valence-corrected chi connectivity index (χ4v) is 4.99. The smallest absolute Gasteiger partial charge is 0.244 e. The monoisotopic (exact) mass is 450 g/mol. The second-order valence-corrected chi connectivity index (χ2v) is 10.2. The van der Waals surface area contributed by atoms with Crippen LogP contribution in [-0.2, 0) is 14.8 Å². The molecule has 0 saturated heterocycles. The number of benzene rings is 2. The Kier molecular flexibility index (Phi) is 7.59. The summed E-state index contributed by atoms with van der Waals surface area (Å²) in [4.78, 5) is 13.2. The van der Waals surface area contributed by atoms with E-state index >= 15 is 0 Å². The van der Waals surface area contributed by atoms with Gasteiger partial charge in [-0.05, 0) is 81.0 Å². The number of carbonyl (C=O) groups is 1. The molecule has 5 nitrogen and oxygen atoms in total. The van der Waals surface area contributed by atoms with Crippen molar-refractivity contribution in [1.29, 1.82) is 0 Å². The maximum Gasteiger partial charge on any atom is 0.244 e. The van der Waals surface area contributed by atoms with E-state index < -0.39 is 16.1 Å². The zero-order valence-electron chi connectivity index (χ0n) is 18.7. The summed E-state index contributed by atoms with van der Waals surface area (Å²) in [5, 5.41) is 3.46. The van der Waals surface area contributed by atoms with Crippen molar-refractivity contribution in [3.8, 4) is 0 Å². The van der Waals surface area contributed by atoms with Crippen LogP contribution in [-0.4, -0.2) is 26.6 Å². The van der Waals surface area contributed by atoms with Gasteiger partial charge in [0.25, 0.3) is 0 Å². The Morgan fingerprint density at radius 3 is 2.17 bits per heavy atom. The van der Waals surface area contributed by atoms with Crippen molar-refractivity contribution in [3.63, 3.8) is 0 Å². The Bertz CT molecular complexity index is 1050. The molecular formula is C23H31ClN2O3S. The number of sulfonamides is 1. The molecule has 2 aromatic carbocycles. The molecule has 0 fully saturated rings. The number of rotatable bonds is 7. The molecule has 1 N–H and O–H groups in total. The predicted octanol–water partition coefficient (Wildman–Crippen LogP) is 5.00. The summed E-state index contributed by atoms with van der Waals surface area (Å²) in [7, 11) is -3.71. The van der Waals surface area contributed by atoms with E-state index in [4.69, 9.17) is 11.6 Å². The lowest BCUT2D eigenvalue weighted by Crippen LogP contribution is -2.49. The summed E-state index contributed by atoms with van der Waals surface area (Å²) in [5.41, 5.74) is 5.67. The molecule has 0 aromatic heterocycles. The van der Waals surface area contributed by atoms with Crippen LogP contribution < -0.4 is 9.62 Å². The third-order valence-electron chi connectivity index (χ3n) is 5.45. The van der Waals surface area contributed by atoms with E-state index in [1.54, 1.807) is 25.1 Å². The Morgan fingerprint density at radius 1 is 1.03 bits per heavy atom. The second-order valence-electron chi connectivity index (χ2n) is 7.94. The number of carbonyl (C=O) groups excluding carboxylic acids is 1. The highest BCUT2D eigenvalue weighted by molar-refractivity contribution is 7.92. The Morgan fingerprint density at radius 2 is 1.63 bits per heavy atom. The van der Waals surface area contributed by atoms with Gasteiger partial charge >= 0.3 is 0 Å². The van der Waals surface area contributed by atoms with Gasteiger partial charge in [0.15, 0.2) is 0 Å². The minimum atomic E-state index is -3.71. The average Bonchev–Trinajstić information content (AvgIpc) is 2.63. The first kappa shape index (κ1) is 24.2. The lowest BCUT2D eigenvalue weighted by Gasteiger charge is -2.31. The highest BCUT2D eigenvalue weighted by Gasteiger charge is 2.32. The molecule has 0 bridgehead atoms. The van der Waals surface area contributed by atoms with Crippen molar-refractivity contribution in [3.05, 3.63) is 63.2 Å². The van der Waals surface area contributed by atoms with Crippen molar-refractivity contribution in [2.45, 2.75) is 60.0 Å². The van der Waals surface area contributed by atoms with Gasteiger partial charge in [-0.2, -0.15) is 0 Å². The van der Waals surface area contributed by atoms with Crippen LogP contribution in [0.1, 0.15) is 54.1 Å². The number of hydrogen-bond acceptors (Lipinski definition) is 3. The molecular weight excluding hydrogens is 420 g/mol. The third kappa shape index (κ3) is 5.35. The summed E-state index contributed by atoms with van der Waals surface area (Å²) >= 11 is 6.22. The summed E-state index contributed by atoms with van der Waals surface area (Å²) in [6.07, 6.45) is 1.43. The van der Waals surface area contributed by atoms with Crippen LogP contribution in [0.3, 0.4) is 0 Å². The van der Waals surface area contributed by atoms with Gasteiger partial charge in [0.1, 0.15) is 6.04 Å². The number of hydrogen-bond donors (Lipinski definition) is 1. The SMILES string of the molecule is CC[C@@H](C(=O)N[C@H](C)c1cc(C)c(C)cc1C)N(c1ccc(C)c(Cl)c1)S(C)(=O)=O. The van der Waals surface area contributed by atoms with Gasteiger partial charge in [-0.1, -0.05) is 36.7 Å². The fourth-order valence-electron chi connectivity index (χ4n) is 3.62. The molecule has 0 aliphatic rings. The molecule has 7 heteroatoms. The van der Waals surface area contributed by atoms with Crippen LogP contribution >= 0.6 is 11.6 Å². The quantitative estimate of drug-likeness (QED) is 0.645. The van der Waals surface area contributed by atoms with E-state index in [9.17, 15) is 13.2 Å². The molecule has 0 heterocycles. The predicted molar refractivity (Wildman–Crippen MR) is 125 cm³/mol. The van der Waals surface area contributed by atoms with Crippen LogP contribution in [0.5, 0.6) is 0 Å². The number of anilines is 1. The Hall–Kier alpha value is -2.05. The van der Waals surface area contributed by atoms with Crippen molar-refractivity contribution < 1.29 is 13.2 Å². The highest BCUT2D eigenvalue weighted by Crippen LogP contribution is 2.28. The minimum absolute atomic E-state index is 0.256. The Labute approximate surface area is 185 Å². The Balaban J connectivity index is 2.38. The molecule has 0 spiro atoms. The molecule has 2 aromatic rings. The van der Waals surface area contributed by atoms with Crippen molar-refractivity contribution in [2.75, 3.05) is 10.6 Å². The summed E-state index contributed by atoms with van der Waals surface area (Å²) in [5.74, 6) is -0.343. The first-order valence-corrected chi connectivity index (χ1v) is 12.2. The third-order valence-corrected chi connectivity index (χ3v) is 7.03. The largest absolute Gasteiger partial charge is 0.348 e. The molecule has 30 heavy (non-hydrogen) atoms. The molecule has 2 rings (SSSR count). The van der Waals surface area contributed by atoms with Crippen LogP contribution in [0.2, 0.25) is 5.02 Å². The lowest BCUT2D eigenvalue weighted by atomic mass is 9.96. The standard InChI is InChI=1S/C23H31ClN2O3S/c1-8-22(26(30(7,28)29)19-10-9-14(2)21(24)13-19)23(27)25-18(6)20-12-16(4)15(3)11-17(20)5/h9-13,18,22H,8H2,1-7H3,(H,25,27)/t18-,22+/m1/s1.